The van der Waals surface area contributed by atoms with Crippen molar-refractivity contribution in [1.82, 2.24) is 10.3 Å². The van der Waals surface area contributed by atoms with E-state index in [0.717, 1.165) is 0 Å². The Labute approximate surface area is 115 Å². The first-order valence-corrected chi connectivity index (χ1v) is 7.22. The van der Waals surface area contributed by atoms with Crippen molar-refractivity contribution in [2.75, 3.05) is 5.32 Å². The molecule has 1 unspecified atom stereocenters. The Morgan fingerprint density at radius 2 is 2.16 bits per heavy atom. The van der Waals surface area contributed by atoms with Crippen molar-refractivity contribution in [1.29, 1.82) is 0 Å². The first-order valence-electron chi connectivity index (χ1n) is 5.33. The van der Waals surface area contributed by atoms with Crippen LogP contribution in [0.2, 0.25) is 0 Å². The summed E-state index contributed by atoms with van der Waals surface area (Å²) in [6, 6.07) is 4.38. The van der Waals surface area contributed by atoms with E-state index in [9.17, 15) is 13.2 Å². The van der Waals surface area contributed by atoms with Crippen LogP contribution in [0.5, 0.6) is 0 Å². The molecule has 2 rings (SSSR count). The van der Waals surface area contributed by atoms with Gasteiger partial charge in [-0.15, -0.1) is 4.83 Å². The number of nitrogens with one attached hydrogen (secondary N) is 3. The number of fused-ring (bicyclic) bond motifs is 1. The molecule has 102 valence electrons. The van der Waals surface area contributed by atoms with E-state index in [2.05, 4.69) is 23.0 Å². The molecule has 1 aromatic carbocycles. The highest BCUT2D eigenvalue weighted by molar-refractivity contribution is 7.89. The topological polar surface area (TPSA) is 113 Å². The van der Waals surface area contributed by atoms with Gasteiger partial charge in [0.1, 0.15) is 0 Å². The van der Waals surface area contributed by atoms with Gasteiger partial charge in [0.15, 0.2) is 5.11 Å². The lowest BCUT2D eigenvalue weighted by Crippen LogP contribution is -2.44. The third-order valence-electron chi connectivity index (χ3n) is 2.76. The molecule has 7 nitrogen and oxygen atoms in total. The van der Waals surface area contributed by atoms with Crippen LogP contribution < -0.4 is 21.3 Å². The normalized spacial score (nSPS) is 17.7. The summed E-state index contributed by atoms with van der Waals surface area (Å²) in [4.78, 5) is 13.6. The molecular weight excluding hydrogens is 288 g/mol. The number of thiocarbonyl (C=S) groups is 1. The molecule has 1 amide bonds. The van der Waals surface area contributed by atoms with Crippen molar-refractivity contribution in [3.05, 3.63) is 23.8 Å². The number of hydrogen-bond acceptors (Lipinski definition) is 4. The van der Waals surface area contributed by atoms with Gasteiger partial charge in [0.25, 0.3) is 10.0 Å². The summed E-state index contributed by atoms with van der Waals surface area (Å²) >= 11 is 4.51. The molecule has 0 fully saturated rings. The molecule has 0 radical (unpaired) electrons. The van der Waals surface area contributed by atoms with Gasteiger partial charge >= 0.3 is 0 Å². The Bertz CT molecular complexity index is 657. The van der Waals surface area contributed by atoms with E-state index in [1.165, 1.54) is 12.1 Å². The number of rotatable bonds is 3. The average Bonchev–Trinajstić information content (AvgIpc) is 2.63. The molecule has 0 spiro atoms. The number of benzene rings is 1. The Hall–Kier alpha value is -1.71. The maximum absolute atomic E-state index is 11.9. The van der Waals surface area contributed by atoms with Crippen LogP contribution in [0, 0.1) is 0 Å². The highest BCUT2D eigenvalue weighted by Crippen LogP contribution is 2.33. The highest BCUT2D eigenvalue weighted by atomic mass is 32.2. The van der Waals surface area contributed by atoms with Gasteiger partial charge in [0, 0.05) is 5.69 Å². The molecule has 1 atom stereocenters. The van der Waals surface area contributed by atoms with Crippen molar-refractivity contribution in [3.63, 3.8) is 0 Å². The van der Waals surface area contributed by atoms with E-state index < -0.39 is 10.0 Å². The van der Waals surface area contributed by atoms with Crippen molar-refractivity contribution >= 4 is 38.9 Å². The number of carbonyl (C=O) groups excluding carboxylic acids is 1. The SMILES string of the molecule is CC1C(=O)Nc2ccc(S(=O)(=O)NNC(N)=S)cc21. The molecule has 1 aliphatic heterocycles. The smallest absolute Gasteiger partial charge is 0.257 e. The van der Waals surface area contributed by atoms with Gasteiger partial charge in [-0.05, 0) is 42.9 Å². The number of sulfonamides is 1. The van der Waals surface area contributed by atoms with Crippen molar-refractivity contribution in [3.8, 4) is 0 Å². The van der Waals surface area contributed by atoms with Crippen LogP contribution in [0.1, 0.15) is 18.4 Å². The Morgan fingerprint density at radius 1 is 1.47 bits per heavy atom. The minimum absolute atomic E-state index is 0.0263. The summed E-state index contributed by atoms with van der Waals surface area (Å²) in [5.41, 5.74) is 8.57. The summed E-state index contributed by atoms with van der Waals surface area (Å²) in [6.45, 7) is 1.71. The number of anilines is 1. The zero-order valence-corrected chi connectivity index (χ0v) is 11.6. The molecule has 0 bridgehead atoms. The van der Waals surface area contributed by atoms with E-state index in [1.54, 1.807) is 13.0 Å². The maximum Gasteiger partial charge on any atom is 0.257 e. The molecular formula is C10H12N4O3S2. The lowest BCUT2D eigenvalue weighted by molar-refractivity contribution is -0.116. The minimum atomic E-state index is -3.79. The molecule has 5 N–H and O–H groups in total. The van der Waals surface area contributed by atoms with Crippen molar-refractivity contribution in [2.24, 2.45) is 5.73 Å². The van der Waals surface area contributed by atoms with Gasteiger partial charge < -0.3 is 11.1 Å². The van der Waals surface area contributed by atoms with Crippen LogP contribution in [0.15, 0.2) is 23.1 Å². The second-order valence-electron chi connectivity index (χ2n) is 4.05. The fourth-order valence-electron chi connectivity index (χ4n) is 1.74. The Morgan fingerprint density at radius 3 is 2.79 bits per heavy atom. The number of nitrogens with two attached hydrogens (primary N) is 1. The number of amides is 1. The zero-order valence-electron chi connectivity index (χ0n) is 9.93. The van der Waals surface area contributed by atoms with Gasteiger partial charge in [-0.1, -0.05) is 0 Å². The molecule has 1 heterocycles. The predicted octanol–water partition coefficient (Wildman–Crippen LogP) is -0.231. The molecule has 0 saturated heterocycles. The monoisotopic (exact) mass is 300 g/mol. The molecule has 9 heteroatoms. The van der Waals surface area contributed by atoms with E-state index in [-0.39, 0.29) is 21.8 Å². The van der Waals surface area contributed by atoms with Crippen molar-refractivity contribution < 1.29 is 13.2 Å². The first-order chi connectivity index (χ1) is 8.81. The van der Waals surface area contributed by atoms with Crippen LogP contribution in [0.3, 0.4) is 0 Å². The molecule has 0 aromatic heterocycles. The van der Waals surface area contributed by atoms with Crippen LogP contribution in [0.25, 0.3) is 0 Å². The van der Waals surface area contributed by atoms with Crippen LogP contribution >= 0.6 is 12.2 Å². The Balaban J connectivity index is 2.33. The second-order valence-corrected chi connectivity index (χ2v) is 6.18. The molecule has 0 aliphatic carbocycles. The van der Waals surface area contributed by atoms with Gasteiger partial charge in [-0.25, -0.2) is 8.42 Å². The highest BCUT2D eigenvalue weighted by Gasteiger charge is 2.28. The summed E-state index contributed by atoms with van der Waals surface area (Å²) in [5.74, 6) is -0.535. The third-order valence-corrected chi connectivity index (χ3v) is 4.11. The third kappa shape index (κ3) is 2.67. The lowest BCUT2D eigenvalue weighted by Gasteiger charge is -2.09. The second kappa shape index (κ2) is 4.76. The van der Waals surface area contributed by atoms with Gasteiger partial charge in [-0.2, -0.15) is 0 Å². The van der Waals surface area contributed by atoms with Crippen LogP contribution in [-0.4, -0.2) is 19.4 Å². The number of carbonyl (C=O) groups is 1. The molecule has 0 saturated carbocycles. The van der Waals surface area contributed by atoms with Crippen molar-refractivity contribution in [2.45, 2.75) is 17.7 Å². The maximum atomic E-state index is 11.9. The molecule has 1 aliphatic rings. The van der Waals surface area contributed by atoms with Gasteiger partial charge in [0.2, 0.25) is 5.91 Å². The van der Waals surface area contributed by atoms with Gasteiger partial charge in [0.05, 0.1) is 10.8 Å². The predicted molar refractivity (Wildman–Crippen MR) is 73.7 cm³/mol. The van der Waals surface area contributed by atoms with E-state index in [4.69, 9.17) is 5.73 Å². The summed E-state index contributed by atoms with van der Waals surface area (Å²) in [6.07, 6.45) is 0. The van der Waals surface area contributed by atoms with Crippen LogP contribution in [0.4, 0.5) is 5.69 Å². The average molecular weight is 300 g/mol. The minimum Gasteiger partial charge on any atom is -0.375 e. The molecule has 1 aromatic rings. The number of hydrogen-bond donors (Lipinski definition) is 4. The summed E-state index contributed by atoms with van der Waals surface area (Å²) in [7, 11) is -3.79. The summed E-state index contributed by atoms with van der Waals surface area (Å²) < 4.78 is 23.9. The lowest BCUT2D eigenvalue weighted by atomic mass is 10.0. The largest absolute Gasteiger partial charge is 0.375 e. The molecule has 19 heavy (non-hydrogen) atoms. The fourth-order valence-corrected chi connectivity index (χ4v) is 2.75. The standard InChI is InChI=1S/C10H12N4O3S2/c1-5-7-4-6(2-3-8(7)12-9(5)15)19(16,17)14-13-10(11)18/h2-5,14H,1H3,(H,12,15)(H3,11,13,18). The Kier molecular flexibility index (Phi) is 3.43. The van der Waals surface area contributed by atoms with E-state index in [1.807, 2.05) is 4.83 Å². The van der Waals surface area contributed by atoms with Gasteiger partial charge in [-0.3, -0.25) is 10.2 Å². The number of hydrazine groups is 1. The zero-order chi connectivity index (χ0) is 14.2. The summed E-state index contributed by atoms with van der Waals surface area (Å²) in [5, 5.41) is 2.48. The quantitative estimate of drug-likeness (QED) is 0.453. The van der Waals surface area contributed by atoms with E-state index >= 15 is 0 Å². The fraction of sp³-hybridized carbons (Fsp3) is 0.200. The first kappa shape index (κ1) is 13.7. The van der Waals surface area contributed by atoms with E-state index in [0.29, 0.717) is 11.3 Å². The van der Waals surface area contributed by atoms with Crippen LogP contribution in [-0.2, 0) is 14.8 Å².